The Labute approximate surface area is 295 Å². The Kier molecular flexibility index (Phi) is 11.5. The van der Waals surface area contributed by atoms with Crippen molar-refractivity contribution in [3.8, 4) is 17.0 Å². The molecule has 2 N–H and O–H groups in total. The van der Waals surface area contributed by atoms with E-state index in [1.165, 1.54) is 16.8 Å². The number of aromatic nitrogens is 8. The van der Waals surface area contributed by atoms with Gasteiger partial charge in [-0.15, -0.1) is 16.9 Å². The first kappa shape index (κ1) is 35.9. The Morgan fingerprint density at radius 1 is 1.20 bits per heavy atom. The van der Waals surface area contributed by atoms with Gasteiger partial charge in [0.15, 0.2) is 5.65 Å². The second-order valence-electron chi connectivity index (χ2n) is 12.3. The summed E-state index contributed by atoms with van der Waals surface area (Å²) < 4.78 is 42.6. The second-order valence-corrected chi connectivity index (χ2v) is 13.9. The number of rotatable bonds is 11. The Balaban J connectivity index is 0.00000144. The zero-order valence-electron chi connectivity index (χ0n) is 28.0. The predicted octanol–water partition coefficient (Wildman–Crippen LogP) is 4.71. The Bertz CT molecular complexity index is 1940. The average molecular weight is 725 g/mol. The van der Waals surface area contributed by atoms with Crippen molar-refractivity contribution in [3.05, 3.63) is 66.5 Å². The van der Waals surface area contributed by atoms with Gasteiger partial charge in [0, 0.05) is 60.0 Å². The normalized spacial score (nSPS) is 16.8. The quantitative estimate of drug-likeness (QED) is 0.143. The Morgan fingerprint density at radius 3 is 2.73 bits per heavy atom. The summed E-state index contributed by atoms with van der Waals surface area (Å²) in [7, 11) is 0. The molecule has 7 rings (SSSR count). The molecule has 270 valence electrons. The van der Waals surface area contributed by atoms with E-state index < -0.39 is 12.5 Å². The minimum Gasteiger partial charge on any atom is -0.483 e. The summed E-state index contributed by atoms with van der Waals surface area (Å²) in [6, 6.07) is 7.44. The van der Waals surface area contributed by atoms with Gasteiger partial charge in [-0.25, -0.2) is 14.2 Å². The number of alkyl halides is 2. The van der Waals surface area contributed by atoms with Gasteiger partial charge >= 0.3 is 6.61 Å². The molecule has 2 saturated heterocycles. The summed E-state index contributed by atoms with van der Waals surface area (Å²) in [6.07, 6.45) is 11.3. The molecule has 1 amide bonds. The number of carbonyl (C=O) groups excluding carboxylic acids is 1. The SMILES string of the molecule is CC(C)Sc1ccc(OC(F)F)c(-c2nn(Cc3cn(C4CCN([C@H]5CCOC5)CC4)nn3)cc2NC(=O)c2cnn3cccnc23)c1.O=CO. The number of likely N-dealkylation sites (tertiary alicyclic amines) is 1. The molecule has 1 atom stereocenters. The third-order valence-electron chi connectivity index (χ3n) is 8.50. The number of hydrogen-bond acceptors (Lipinski definition) is 11. The summed E-state index contributed by atoms with van der Waals surface area (Å²) in [5.74, 6) is -0.534. The van der Waals surface area contributed by atoms with Crippen LogP contribution in [0.1, 0.15) is 55.2 Å². The number of carbonyl (C=O) groups is 2. The number of piperidine rings is 1. The van der Waals surface area contributed by atoms with Crippen molar-refractivity contribution in [1.29, 1.82) is 0 Å². The predicted molar refractivity (Wildman–Crippen MR) is 183 cm³/mol. The fourth-order valence-corrected chi connectivity index (χ4v) is 7.14. The second kappa shape index (κ2) is 16.4. The molecule has 2 aliphatic rings. The first-order valence-corrected chi connectivity index (χ1v) is 17.3. The average Bonchev–Trinajstić information content (AvgIpc) is 3.93. The molecule has 0 radical (unpaired) electrons. The molecule has 0 saturated carbocycles. The highest BCUT2D eigenvalue weighted by atomic mass is 32.2. The highest BCUT2D eigenvalue weighted by Gasteiger charge is 2.29. The van der Waals surface area contributed by atoms with Gasteiger partial charge in [0.05, 0.1) is 37.3 Å². The molecule has 1 aromatic carbocycles. The molecule has 0 bridgehead atoms. The molecule has 4 aromatic heterocycles. The molecular weight excluding hydrogens is 686 g/mol. The molecule has 15 nitrogen and oxygen atoms in total. The van der Waals surface area contributed by atoms with Gasteiger partial charge in [-0.05, 0) is 43.5 Å². The number of thioether (sulfide) groups is 1. The van der Waals surface area contributed by atoms with Crippen LogP contribution in [0.2, 0.25) is 0 Å². The first-order chi connectivity index (χ1) is 24.7. The van der Waals surface area contributed by atoms with Crippen LogP contribution in [0.25, 0.3) is 16.9 Å². The summed E-state index contributed by atoms with van der Waals surface area (Å²) >= 11 is 1.57. The number of halogens is 2. The van der Waals surface area contributed by atoms with Gasteiger partial charge in [0.2, 0.25) is 0 Å². The van der Waals surface area contributed by atoms with E-state index in [1.54, 1.807) is 53.2 Å². The molecule has 5 aromatic rings. The van der Waals surface area contributed by atoms with Gasteiger partial charge in [-0.1, -0.05) is 19.1 Å². The van der Waals surface area contributed by atoms with Gasteiger partial charge in [-0.3, -0.25) is 19.2 Å². The number of anilines is 1. The van der Waals surface area contributed by atoms with E-state index >= 15 is 0 Å². The van der Waals surface area contributed by atoms with Crippen LogP contribution in [-0.4, -0.2) is 106 Å². The van der Waals surface area contributed by atoms with Crippen LogP contribution in [0.15, 0.2) is 60.1 Å². The maximum Gasteiger partial charge on any atom is 0.387 e. The number of amides is 1. The van der Waals surface area contributed by atoms with Gasteiger partial charge in [-0.2, -0.15) is 19.0 Å². The molecule has 2 fully saturated rings. The highest BCUT2D eigenvalue weighted by molar-refractivity contribution is 7.99. The number of ether oxygens (including phenoxy) is 2. The lowest BCUT2D eigenvalue weighted by atomic mass is 10.0. The van der Waals surface area contributed by atoms with Crippen molar-refractivity contribution in [1.82, 2.24) is 44.3 Å². The molecule has 0 aliphatic carbocycles. The number of nitrogens with zero attached hydrogens (tertiary/aromatic N) is 9. The minimum absolute atomic E-state index is 0.0574. The lowest BCUT2D eigenvalue weighted by Gasteiger charge is -2.35. The van der Waals surface area contributed by atoms with Crippen LogP contribution in [0.4, 0.5) is 14.5 Å². The van der Waals surface area contributed by atoms with E-state index in [0.717, 1.165) is 50.5 Å². The van der Waals surface area contributed by atoms with E-state index in [1.807, 2.05) is 24.7 Å². The lowest BCUT2D eigenvalue weighted by molar-refractivity contribution is -0.122. The monoisotopic (exact) mass is 724 g/mol. The summed E-state index contributed by atoms with van der Waals surface area (Å²) in [5, 5.41) is 27.9. The van der Waals surface area contributed by atoms with Crippen LogP contribution < -0.4 is 10.1 Å². The molecule has 51 heavy (non-hydrogen) atoms. The number of nitrogens with one attached hydrogen (secondary N) is 1. The highest BCUT2D eigenvalue weighted by Crippen LogP contribution is 2.39. The van der Waals surface area contributed by atoms with Crippen molar-refractivity contribution < 1.29 is 33.0 Å². The topological polar surface area (TPSA) is 167 Å². The van der Waals surface area contributed by atoms with Gasteiger partial charge < -0.3 is 19.9 Å². The fourth-order valence-electron chi connectivity index (χ4n) is 6.26. The van der Waals surface area contributed by atoms with Crippen LogP contribution in [0.5, 0.6) is 5.75 Å². The van der Waals surface area contributed by atoms with E-state index in [4.69, 9.17) is 24.5 Å². The van der Waals surface area contributed by atoms with E-state index in [-0.39, 0.29) is 41.3 Å². The standard InChI is InChI=1S/C32H36F2N10O3S.CH2O2/c1-20(2)48-24-4-5-28(47-32(33)34)25(14-24)29-27(37-31(45)26-15-36-43-10-3-9-35-30(26)43)18-42(39-29)16-21-17-44(40-38-21)22-6-11-41(12-7-22)23-8-13-46-19-23;2-1-3/h3-5,9-10,14-15,17-18,20,22-23,32H,6-8,11-13,16,19H2,1-2H3,(H,37,45);1H,(H,2,3)/t23-;/m0./s1. The maximum absolute atomic E-state index is 13.6. The van der Waals surface area contributed by atoms with E-state index in [0.29, 0.717) is 28.6 Å². The summed E-state index contributed by atoms with van der Waals surface area (Å²) in [6.45, 7) is 4.63. The van der Waals surface area contributed by atoms with Gasteiger partial charge in [0.1, 0.15) is 22.7 Å². The van der Waals surface area contributed by atoms with Crippen molar-refractivity contribution in [3.63, 3.8) is 0 Å². The summed E-state index contributed by atoms with van der Waals surface area (Å²) in [5.41, 5.74) is 2.18. The fraction of sp³-hybridized carbons (Fsp3) is 0.424. The van der Waals surface area contributed by atoms with Crippen LogP contribution in [-0.2, 0) is 16.1 Å². The molecule has 2 aliphatic heterocycles. The zero-order chi connectivity index (χ0) is 35.9. The Morgan fingerprint density at radius 2 is 2.00 bits per heavy atom. The molecule has 0 unspecified atom stereocenters. The summed E-state index contributed by atoms with van der Waals surface area (Å²) in [4.78, 5) is 29.6. The minimum atomic E-state index is -3.05. The van der Waals surface area contributed by atoms with Crippen molar-refractivity contribution >= 4 is 35.5 Å². The maximum atomic E-state index is 13.6. The van der Waals surface area contributed by atoms with E-state index in [2.05, 4.69) is 30.6 Å². The van der Waals surface area contributed by atoms with Crippen molar-refractivity contribution in [2.45, 2.75) is 68.5 Å². The van der Waals surface area contributed by atoms with Crippen LogP contribution in [0.3, 0.4) is 0 Å². The number of fused-ring (bicyclic) bond motifs is 1. The van der Waals surface area contributed by atoms with Crippen molar-refractivity contribution in [2.75, 3.05) is 31.6 Å². The molecule has 0 spiro atoms. The molecular formula is C33H38F2N10O5S. The third kappa shape index (κ3) is 8.69. The van der Waals surface area contributed by atoms with Crippen LogP contribution >= 0.6 is 11.8 Å². The van der Waals surface area contributed by atoms with Crippen molar-refractivity contribution in [2.24, 2.45) is 0 Å². The number of benzene rings is 1. The number of carboxylic acid groups (broad SMARTS) is 1. The Hall–Kier alpha value is -4.94. The lowest BCUT2D eigenvalue weighted by Crippen LogP contribution is -2.42. The molecule has 6 heterocycles. The third-order valence-corrected chi connectivity index (χ3v) is 9.50. The molecule has 18 heteroatoms. The zero-order valence-corrected chi connectivity index (χ0v) is 28.8. The first-order valence-electron chi connectivity index (χ1n) is 16.5. The number of hydrogen-bond donors (Lipinski definition) is 2. The van der Waals surface area contributed by atoms with Crippen LogP contribution in [0, 0.1) is 0 Å². The van der Waals surface area contributed by atoms with Gasteiger partial charge in [0.25, 0.3) is 12.4 Å². The largest absolute Gasteiger partial charge is 0.483 e. The van der Waals surface area contributed by atoms with E-state index in [9.17, 15) is 13.6 Å². The smallest absolute Gasteiger partial charge is 0.387 e.